The normalized spacial score (nSPS) is 19.9. The first-order valence-corrected chi connectivity index (χ1v) is 3.98. The summed E-state index contributed by atoms with van der Waals surface area (Å²) in [5, 5.41) is 8.20. The second-order valence-corrected chi connectivity index (χ2v) is 2.92. The van der Waals surface area contributed by atoms with Crippen LogP contribution in [-0.2, 0) is 0 Å². The lowest BCUT2D eigenvalue weighted by molar-refractivity contribution is 0.558. The zero-order valence-electron chi connectivity index (χ0n) is 6.21. The summed E-state index contributed by atoms with van der Waals surface area (Å²) >= 11 is 0. The third-order valence-electron chi connectivity index (χ3n) is 2.14. The molecule has 0 spiro atoms. The SMILES string of the molecule is N#C/C=C/CC1CCCC1. The summed E-state index contributed by atoms with van der Waals surface area (Å²) in [5.41, 5.74) is 0. The van der Waals surface area contributed by atoms with Gasteiger partial charge in [-0.3, -0.25) is 0 Å². The molecule has 1 fully saturated rings. The van der Waals surface area contributed by atoms with Crippen LogP contribution in [0.25, 0.3) is 0 Å². The fourth-order valence-electron chi connectivity index (χ4n) is 1.56. The van der Waals surface area contributed by atoms with Crippen LogP contribution in [0.5, 0.6) is 0 Å². The van der Waals surface area contributed by atoms with Crippen molar-refractivity contribution in [2.75, 3.05) is 0 Å². The summed E-state index contributed by atoms with van der Waals surface area (Å²) in [6.07, 6.45) is 10.2. The van der Waals surface area contributed by atoms with Gasteiger partial charge in [-0.1, -0.05) is 31.8 Å². The van der Waals surface area contributed by atoms with E-state index in [0.717, 1.165) is 12.3 Å². The first-order valence-electron chi connectivity index (χ1n) is 3.98. The van der Waals surface area contributed by atoms with Crippen LogP contribution in [0.4, 0.5) is 0 Å². The van der Waals surface area contributed by atoms with Crippen LogP contribution in [0.3, 0.4) is 0 Å². The van der Waals surface area contributed by atoms with E-state index < -0.39 is 0 Å². The lowest BCUT2D eigenvalue weighted by Crippen LogP contribution is -1.88. The quantitative estimate of drug-likeness (QED) is 0.534. The molecule has 0 unspecified atom stereocenters. The molecule has 1 nitrogen and oxygen atoms in total. The molecular formula is C9H13N. The molecule has 0 aromatic carbocycles. The number of nitriles is 1. The highest BCUT2D eigenvalue weighted by molar-refractivity contribution is 5.02. The van der Waals surface area contributed by atoms with E-state index in [2.05, 4.69) is 0 Å². The Kier molecular flexibility index (Phi) is 3.02. The number of hydrogen-bond donors (Lipinski definition) is 0. The lowest BCUT2D eigenvalue weighted by atomic mass is 10.0. The van der Waals surface area contributed by atoms with Gasteiger partial charge in [0.1, 0.15) is 0 Å². The molecule has 0 atom stereocenters. The Morgan fingerprint density at radius 2 is 2.10 bits per heavy atom. The van der Waals surface area contributed by atoms with Gasteiger partial charge in [0.2, 0.25) is 0 Å². The number of allylic oxidation sites excluding steroid dienone is 2. The van der Waals surface area contributed by atoms with Crippen molar-refractivity contribution in [1.29, 1.82) is 5.26 Å². The van der Waals surface area contributed by atoms with Crippen LogP contribution in [0.2, 0.25) is 0 Å². The molecule has 1 aliphatic rings. The molecule has 0 aliphatic heterocycles. The fraction of sp³-hybridized carbons (Fsp3) is 0.667. The van der Waals surface area contributed by atoms with Crippen LogP contribution in [0.15, 0.2) is 12.2 Å². The Balaban J connectivity index is 2.13. The Hall–Kier alpha value is -0.770. The van der Waals surface area contributed by atoms with Crippen molar-refractivity contribution in [3.8, 4) is 6.07 Å². The van der Waals surface area contributed by atoms with E-state index in [4.69, 9.17) is 5.26 Å². The van der Waals surface area contributed by atoms with Crippen molar-refractivity contribution in [2.24, 2.45) is 5.92 Å². The third-order valence-corrected chi connectivity index (χ3v) is 2.14. The molecule has 0 aromatic rings. The summed E-state index contributed by atoms with van der Waals surface area (Å²) in [4.78, 5) is 0. The predicted octanol–water partition coefficient (Wildman–Crippen LogP) is 2.65. The molecule has 0 radical (unpaired) electrons. The smallest absolute Gasteiger partial charge is 0.0908 e. The second kappa shape index (κ2) is 4.11. The van der Waals surface area contributed by atoms with Crippen molar-refractivity contribution in [2.45, 2.75) is 32.1 Å². The van der Waals surface area contributed by atoms with Gasteiger partial charge in [-0.2, -0.15) is 5.26 Å². The molecule has 0 bridgehead atoms. The van der Waals surface area contributed by atoms with Crippen molar-refractivity contribution >= 4 is 0 Å². The minimum absolute atomic E-state index is 0.879. The topological polar surface area (TPSA) is 23.8 Å². The Morgan fingerprint density at radius 3 is 2.70 bits per heavy atom. The summed E-state index contributed by atoms with van der Waals surface area (Å²) < 4.78 is 0. The molecule has 54 valence electrons. The van der Waals surface area contributed by atoms with E-state index in [0.29, 0.717) is 0 Å². The van der Waals surface area contributed by atoms with Gasteiger partial charge in [0.25, 0.3) is 0 Å². The molecule has 0 amide bonds. The molecule has 0 heterocycles. The van der Waals surface area contributed by atoms with E-state index in [1.54, 1.807) is 6.08 Å². The van der Waals surface area contributed by atoms with Crippen LogP contribution in [0, 0.1) is 17.2 Å². The van der Waals surface area contributed by atoms with Gasteiger partial charge in [0.15, 0.2) is 0 Å². The Labute approximate surface area is 62.4 Å². The molecule has 1 rings (SSSR count). The second-order valence-electron chi connectivity index (χ2n) is 2.92. The fourth-order valence-corrected chi connectivity index (χ4v) is 1.56. The van der Waals surface area contributed by atoms with Gasteiger partial charge >= 0.3 is 0 Å². The first kappa shape index (κ1) is 7.34. The largest absolute Gasteiger partial charge is 0.193 e. The maximum Gasteiger partial charge on any atom is 0.0908 e. The first-order chi connectivity index (χ1) is 4.93. The van der Waals surface area contributed by atoms with Crippen molar-refractivity contribution < 1.29 is 0 Å². The van der Waals surface area contributed by atoms with Crippen molar-refractivity contribution in [3.63, 3.8) is 0 Å². The Bertz CT molecular complexity index is 147. The van der Waals surface area contributed by atoms with E-state index in [9.17, 15) is 0 Å². The molecule has 0 saturated heterocycles. The summed E-state index contributed by atoms with van der Waals surface area (Å²) in [6, 6.07) is 2.01. The standard InChI is InChI=1S/C9H13N/c10-8-4-3-7-9-5-1-2-6-9/h3-4,9H,1-2,5-7H2/b4-3+. The van der Waals surface area contributed by atoms with Crippen molar-refractivity contribution in [1.82, 2.24) is 0 Å². The predicted molar refractivity (Wildman–Crippen MR) is 41.3 cm³/mol. The third kappa shape index (κ3) is 2.23. The monoisotopic (exact) mass is 135 g/mol. The van der Waals surface area contributed by atoms with E-state index in [1.165, 1.54) is 25.7 Å². The van der Waals surface area contributed by atoms with Gasteiger partial charge < -0.3 is 0 Å². The molecule has 1 saturated carbocycles. The maximum atomic E-state index is 8.20. The number of hydrogen-bond acceptors (Lipinski definition) is 1. The van der Waals surface area contributed by atoms with E-state index in [-0.39, 0.29) is 0 Å². The van der Waals surface area contributed by atoms with Gasteiger partial charge in [0, 0.05) is 6.08 Å². The minimum atomic E-state index is 0.879. The zero-order chi connectivity index (χ0) is 7.23. The highest BCUT2D eigenvalue weighted by Crippen LogP contribution is 2.27. The Morgan fingerprint density at radius 1 is 1.40 bits per heavy atom. The van der Waals surface area contributed by atoms with Gasteiger partial charge in [-0.15, -0.1) is 0 Å². The molecular weight excluding hydrogens is 122 g/mol. The molecule has 0 aromatic heterocycles. The van der Waals surface area contributed by atoms with Gasteiger partial charge in [-0.05, 0) is 12.3 Å². The summed E-state index contributed by atoms with van der Waals surface area (Å²) in [6.45, 7) is 0. The van der Waals surface area contributed by atoms with E-state index in [1.807, 2.05) is 12.1 Å². The number of rotatable bonds is 2. The van der Waals surface area contributed by atoms with Crippen LogP contribution in [-0.4, -0.2) is 0 Å². The maximum absolute atomic E-state index is 8.20. The van der Waals surface area contributed by atoms with Crippen LogP contribution < -0.4 is 0 Å². The average Bonchev–Trinajstić information content (AvgIpc) is 2.41. The molecule has 1 heteroatoms. The lowest BCUT2D eigenvalue weighted by Gasteiger charge is -2.01. The van der Waals surface area contributed by atoms with Crippen LogP contribution in [0.1, 0.15) is 32.1 Å². The minimum Gasteiger partial charge on any atom is -0.193 e. The highest BCUT2D eigenvalue weighted by Gasteiger charge is 2.12. The van der Waals surface area contributed by atoms with E-state index >= 15 is 0 Å². The molecule has 0 N–H and O–H groups in total. The summed E-state index contributed by atoms with van der Waals surface area (Å²) in [7, 11) is 0. The van der Waals surface area contributed by atoms with Crippen molar-refractivity contribution in [3.05, 3.63) is 12.2 Å². The molecule has 1 aliphatic carbocycles. The summed E-state index contributed by atoms with van der Waals surface area (Å²) in [5.74, 6) is 0.879. The highest BCUT2D eigenvalue weighted by atomic mass is 14.2. The molecule has 10 heavy (non-hydrogen) atoms. The average molecular weight is 135 g/mol. The van der Waals surface area contributed by atoms with Crippen LogP contribution >= 0.6 is 0 Å². The zero-order valence-corrected chi connectivity index (χ0v) is 6.21. The number of nitrogens with zero attached hydrogens (tertiary/aromatic N) is 1. The van der Waals surface area contributed by atoms with Gasteiger partial charge in [0.05, 0.1) is 6.07 Å². The van der Waals surface area contributed by atoms with Gasteiger partial charge in [-0.25, -0.2) is 0 Å².